The van der Waals surface area contributed by atoms with E-state index in [0.29, 0.717) is 0 Å². The minimum atomic E-state index is -4.78. The Morgan fingerprint density at radius 3 is 2.40 bits per heavy atom. The molecule has 9 heteroatoms. The highest BCUT2D eigenvalue weighted by Gasteiger charge is 2.32. The van der Waals surface area contributed by atoms with Crippen LogP contribution in [-0.2, 0) is 19.0 Å². The highest BCUT2D eigenvalue weighted by molar-refractivity contribution is 7.86. The molecule has 0 spiro atoms. The zero-order valence-corrected chi connectivity index (χ0v) is 11.3. The smallest absolute Gasteiger partial charge is 0.413 e. The molecule has 0 bridgehead atoms. The molecule has 0 aromatic heterocycles. The first-order valence-electron chi connectivity index (χ1n) is 5.22. The molecular weight excluding hydrogens is 301 g/mol. The summed E-state index contributed by atoms with van der Waals surface area (Å²) in [6.07, 6.45) is -4.78. The summed E-state index contributed by atoms with van der Waals surface area (Å²) in [7, 11) is -3.52. The van der Waals surface area contributed by atoms with Gasteiger partial charge in [0.15, 0.2) is 6.61 Å². The van der Waals surface area contributed by atoms with Crippen LogP contribution in [0.15, 0.2) is 23.1 Å². The summed E-state index contributed by atoms with van der Waals surface area (Å²) in [6.45, 7) is -0.659. The van der Waals surface area contributed by atoms with Crippen molar-refractivity contribution < 1.29 is 35.3 Å². The van der Waals surface area contributed by atoms with Crippen molar-refractivity contribution in [2.75, 3.05) is 13.7 Å². The highest BCUT2D eigenvalue weighted by Crippen LogP contribution is 2.24. The Morgan fingerprint density at radius 2 is 1.90 bits per heavy atom. The van der Waals surface area contributed by atoms with E-state index in [1.54, 1.807) is 0 Å². The second-order valence-electron chi connectivity index (χ2n) is 3.75. The quantitative estimate of drug-likeness (QED) is 0.628. The lowest BCUT2D eigenvalue weighted by molar-refractivity contribution is -0.152. The van der Waals surface area contributed by atoms with Gasteiger partial charge in [-0.3, -0.25) is 4.18 Å². The lowest BCUT2D eigenvalue weighted by Gasteiger charge is -2.12. The zero-order valence-electron chi connectivity index (χ0n) is 10.5. The predicted octanol–water partition coefficient (Wildman–Crippen LogP) is 2.05. The first-order valence-corrected chi connectivity index (χ1v) is 6.63. The standard InChI is InChI=1S/C11H11F3O5S/c1-7-8(10(15)18-2)4-3-5-9(7)20(16,17)19-6-11(12,13)14/h3-5H,6H2,1-2H3. The molecule has 0 N–H and O–H groups in total. The summed E-state index contributed by atoms with van der Waals surface area (Å²) < 4.78 is 67.7. The number of carbonyl (C=O) groups excluding carboxylic acids is 1. The van der Waals surface area contributed by atoms with Crippen LogP contribution in [0.3, 0.4) is 0 Å². The number of alkyl halides is 3. The highest BCUT2D eigenvalue weighted by atomic mass is 32.2. The number of esters is 1. The Balaban J connectivity index is 3.17. The van der Waals surface area contributed by atoms with E-state index in [4.69, 9.17) is 0 Å². The first kappa shape index (κ1) is 16.4. The van der Waals surface area contributed by atoms with Crippen molar-refractivity contribution >= 4 is 16.1 Å². The van der Waals surface area contributed by atoms with E-state index in [0.717, 1.165) is 13.2 Å². The Morgan fingerprint density at radius 1 is 1.30 bits per heavy atom. The molecule has 0 aliphatic carbocycles. The molecular formula is C11H11F3O5S. The number of hydrogen-bond donors (Lipinski definition) is 0. The largest absolute Gasteiger partial charge is 0.465 e. The minimum Gasteiger partial charge on any atom is -0.465 e. The van der Waals surface area contributed by atoms with Gasteiger partial charge in [-0.25, -0.2) is 4.79 Å². The Kier molecular flexibility index (Phi) is 4.77. The zero-order chi connectivity index (χ0) is 15.6. The van der Waals surface area contributed by atoms with Gasteiger partial charge in [-0.05, 0) is 24.6 Å². The van der Waals surface area contributed by atoms with Crippen molar-refractivity contribution in [3.63, 3.8) is 0 Å². The van der Waals surface area contributed by atoms with E-state index in [1.807, 2.05) is 0 Å². The number of rotatable bonds is 4. The van der Waals surface area contributed by atoms with Crippen molar-refractivity contribution in [1.82, 2.24) is 0 Å². The molecule has 0 radical (unpaired) electrons. The fourth-order valence-corrected chi connectivity index (χ4v) is 2.57. The van der Waals surface area contributed by atoms with Crippen molar-refractivity contribution in [1.29, 1.82) is 0 Å². The summed E-state index contributed by atoms with van der Waals surface area (Å²) >= 11 is 0. The predicted molar refractivity (Wildman–Crippen MR) is 61.7 cm³/mol. The fraction of sp³-hybridized carbons (Fsp3) is 0.364. The summed E-state index contributed by atoms with van der Waals surface area (Å²) in [5.41, 5.74) is -0.106. The normalized spacial score (nSPS) is 12.2. The van der Waals surface area contributed by atoms with Crippen molar-refractivity contribution in [3.8, 4) is 0 Å². The summed E-state index contributed by atoms with van der Waals surface area (Å²) in [5.74, 6) is -0.796. The van der Waals surface area contributed by atoms with Gasteiger partial charge in [0.25, 0.3) is 10.1 Å². The molecule has 0 unspecified atom stereocenters. The van der Waals surface area contributed by atoms with Crippen LogP contribution in [0.5, 0.6) is 0 Å². The maximum atomic E-state index is 12.0. The number of carbonyl (C=O) groups is 1. The van der Waals surface area contributed by atoms with Gasteiger partial charge < -0.3 is 4.74 Å². The molecule has 1 rings (SSSR count). The molecule has 0 aliphatic heterocycles. The van der Waals surface area contributed by atoms with E-state index in [2.05, 4.69) is 8.92 Å². The van der Waals surface area contributed by atoms with Gasteiger partial charge in [0, 0.05) is 0 Å². The SMILES string of the molecule is COC(=O)c1cccc(S(=O)(=O)OCC(F)(F)F)c1C. The van der Waals surface area contributed by atoms with Crippen LogP contribution in [0.25, 0.3) is 0 Å². The summed E-state index contributed by atoms with van der Waals surface area (Å²) in [6, 6.07) is 3.56. The van der Waals surface area contributed by atoms with Gasteiger partial charge in [0.05, 0.1) is 17.6 Å². The maximum absolute atomic E-state index is 12.0. The minimum absolute atomic E-state index is 0.0403. The maximum Gasteiger partial charge on any atom is 0.413 e. The first-order chi connectivity index (χ1) is 9.08. The van der Waals surface area contributed by atoms with Crippen LogP contribution >= 0.6 is 0 Å². The van der Waals surface area contributed by atoms with E-state index in [1.165, 1.54) is 19.1 Å². The van der Waals surface area contributed by atoms with Crippen LogP contribution in [0.1, 0.15) is 15.9 Å². The molecule has 0 saturated heterocycles. The molecule has 0 fully saturated rings. The molecule has 1 aromatic rings. The van der Waals surface area contributed by atoms with E-state index >= 15 is 0 Å². The van der Waals surface area contributed by atoms with E-state index in [9.17, 15) is 26.4 Å². The lowest BCUT2D eigenvalue weighted by Crippen LogP contribution is -2.21. The molecule has 1 aromatic carbocycles. The summed E-state index contributed by atoms with van der Waals surface area (Å²) in [4.78, 5) is 10.9. The average molecular weight is 312 g/mol. The average Bonchev–Trinajstić information content (AvgIpc) is 2.35. The topological polar surface area (TPSA) is 69.7 Å². The van der Waals surface area contributed by atoms with Gasteiger partial charge in [0.2, 0.25) is 0 Å². The van der Waals surface area contributed by atoms with E-state index in [-0.39, 0.29) is 11.1 Å². The van der Waals surface area contributed by atoms with Crippen LogP contribution in [0.2, 0.25) is 0 Å². The molecule has 0 amide bonds. The lowest BCUT2D eigenvalue weighted by atomic mass is 10.1. The fourth-order valence-electron chi connectivity index (χ4n) is 1.42. The molecule has 5 nitrogen and oxygen atoms in total. The molecule has 20 heavy (non-hydrogen) atoms. The third-order valence-electron chi connectivity index (χ3n) is 2.34. The third kappa shape index (κ3) is 3.94. The molecule has 0 aliphatic rings. The number of halogens is 3. The van der Waals surface area contributed by atoms with E-state index < -0.39 is 33.8 Å². The molecule has 112 valence electrons. The van der Waals surface area contributed by atoms with Crippen molar-refractivity contribution in [2.45, 2.75) is 18.0 Å². The van der Waals surface area contributed by atoms with Gasteiger partial charge in [-0.1, -0.05) is 6.07 Å². The second kappa shape index (κ2) is 5.80. The van der Waals surface area contributed by atoms with Gasteiger partial charge in [0.1, 0.15) is 0 Å². The van der Waals surface area contributed by atoms with Crippen LogP contribution in [-0.4, -0.2) is 34.3 Å². The monoisotopic (exact) mass is 312 g/mol. The molecule has 0 atom stereocenters. The third-order valence-corrected chi connectivity index (χ3v) is 3.75. The Bertz CT molecular complexity index is 607. The van der Waals surface area contributed by atoms with Crippen LogP contribution in [0, 0.1) is 6.92 Å². The van der Waals surface area contributed by atoms with Crippen LogP contribution < -0.4 is 0 Å². The number of methoxy groups -OCH3 is 1. The summed E-state index contributed by atoms with van der Waals surface area (Å²) in [5, 5.41) is 0. The molecule has 0 saturated carbocycles. The van der Waals surface area contributed by atoms with Gasteiger partial charge in [-0.2, -0.15) is 21.6 Å². The number of ether oxygens (including phenoxy) is 1. The Labute approximate surface area is 113 Å². The van der Waals surface area contributed by atoms with Crippen molar-refractivity contribution in [3.05, 3.63) is 29.3 Å². The number of hydrogen-bond acceptors (Lipinski definition) is 5. The van der Waals surface area contributed by atoms with Gasteiger partial charge >= 0.3 is 12.1 Å². The molecule has 0 heterocycles. The second-order valence-corrected chi connectivity index (χ2v) is 5.34. The van der Waals surface area contributed by atoms with Gasteiger partial charge in [-0.15, -0.1) is 0 Å². The van der Waals surface area contributed by atoms with Crippen molar-refractivity contribution in [2.24, 2.45) is 0 Å². The number of benzene rings is 1. The Hall–Kier alpha value is -1.61. The van der Waals surface area contributed by atoms with Crippen LogP contribution in [0.4, 0.5) is 13.2 Å².